The van der Waals surface area contributed by atoms with Gasteiger partial charge in [-0.15, -0.1) is 0 Å². The van der Waals surface area contributed by atoms with E-state index in [-0.39, 0.29) is 5.56 Å². The van der Waals surface area contributed by atoms with Crippen LogP contribution >= 0.6 is 0 Å². The predicted molar refractivity (Wildman–Crippen MR) is 75.9 cm³/mol. The molecule has 0 spiro atoms. The first-order valence-corrected chi connectivity index (χ1v) is 6.17. The van der Waals surface area contributed by atoms with Gasteiger partial charge in [0.1, 0.15) is 11.3 Å². The minimum Gasteiger partial charge on any atom is -0.493 e. The first-order valence-electron chi connectivity index (χ1n) is 6.17. The first kappa shape index (κ1) is 13.9. The van der Waals surface area contributed by atoms with Crippen molar-refractivity contribution in [1.29, 1.82) is 0 Å². The zero-order valence-corrected chi connectivity index (χ0v) is 11.6. The average molecular weight is 272 g/mol. The fourth-order valence-corrected chi connectivity index (χ4v) is 1.88. The van der Waals surface area contributed by atoms with Crippen LogP contribution in [0.15, 0.2) is 36.4 Å². The van der Waals surface area contributed by atoms with E-state index in [0.717, 1.165) is 11.1 Å². The summed E-state index contributed by atoms with van der Waals surface area (Å²) in [6.45, 7) is 3.78. The molecule has 0 amide bonds. The van der Waals surface area contributed by atoms with Crippen LogP contribution in [0.25, 0.3) is 0 Å². The van der Waals surface area contributed by atoms with E-state index in [0.29, 0.717) is 17.2 Å². The number of carboxylic acid groups (broad SMARTS) is 1. The Hall–Kier alpha value is -2.49. The van der Waals surface area contributed by atoms with E-state index in [1.165, 1.54) is 0 Å². The van der Waals surface area contributed by atoms with E-state index in [9.17, 15) is 9.90 Å². The summed E-state index contributed by atoms with van der Waals surface area (Å²) < 4.78 is 10.9. The predicted octanol–water partition coefficient (Wildman–Crippen LogP) is 3.80. The molecule has 0 saturated carbocycles. The Morgan fingerprint density at radius 3 is 2.15 bits per heavy atom. The maximum absolute atomic E-state index is 11.3. The van der Waals surface area contributed by atoms with E-state index < -0.39 is 5.97 Å². The molecule has 0 radical (unpaired) electrons. The maximum Gasteiger partial charge on any atom is 0.339 e. The average Bonchev–Trinajstić information content (AvgIpc) is 2.42. The molecule has 0 heterocycles. The summed E-state index contributed by atoms with van der Waals surface area (Å²) in [6.07, 6.45) is 0. The Kier molecular flexibility index (Phi) is 3.94. The highest BCUT2D eigenvalue weighted by molar-refractivity contribution is 5.91. The molecule has 104 valence electrons. The van der Waals surface area contributed by atoms with Crippen LogP contribution in [-0.2, 0) is 0 Å². The summed E-state index contributed by atoms with van der Waals surface area (Å²) in [5.74, 6) is 0.339. The fraction of sp³-hybridized carbons (Fsp3) is 0.188. The van der Waals surface area contributed by atoms with Crippen molar-refractivity contribution in [3.8, 4) is 17.2 Å². The topological polar surface area (TPSA) is 55.8 Å². The third kappa shape index (κ3) is 2.91. The van der Waals surface area contributed by atoms with Gasteiger partial charge in [0, 0.05) is 0 Å². The van der Waals surface area contributed by atoms with Gasteiger partial charge in [0.2, 0.25) is 0 Å². The lowest BCUT2D eigenvalue weighted by atomic mass is 10.1. The molecule has 0 saturated heterocycles. The van der Waals surface area contributed by atoms with Crippen LogP contribution in [0.4, 0.5) is 0 Å². The lowest BCUT2D eigenvalue weighted by molar-refractivity contribution is 0.0694. The Morgan fingerprint density at radius 1 is 0.950 bits per heavy atom. The van der Waals surface area contributed by atoms with Crippen molar-refractivity contribution in [1.82, 2.24) is 0 Å². The summed E-state index contributed by atoms with van der Waals surface area (Å²) in [6, 6.07) is 10.5. The van der Waals surface area contributed by atoms with Crippen molar-refractivity contribution in [2.24, 2.45) is 0 Å². The van der Waals surface area contributed by atoms with Gasteiger partial charge in [-0.25, -0.2) is 4.79 Å². The molecule has 4 nitrogen and oxygen atoms in total. The van der Waals surface area contributed by atoms with Gasteiger partial charge in [0.15, 0.2) is 11.5 Å². The quantitative estimate of drug-likeness (QED) is 0.919. The van der Waals surface area contributed by atoms with Crippen molar-refractivity contribution in [3.05, 3.63) is 53.1 Å². The second-order valence-corrected chi connectivity index (χ2v) is 4.56. The van der Waals surface area contributed by atoms with E-state index in [1.54, 1.807) is 25.3 Å². The third-order valence-corrected chi connectivity index (χ3v) is 2.90. The van der Waals surface area contributed by atoms with Crippen LogP contribution in [0, 0.1) is 13.8 Å². The van der Waals surface area contributed by atoms with Gasteiger partial charge in [-0.2, -0.15) is 0 Å². The van der Waals surface area contributed by atoms with E-state index in [1.807, 2.05) is 32.0 Å². The number of carbonyl (C=O) groups is 1. The molecule has 4 heteroatoms. The summed E-state index contributed by atoms with van der Waals surface area (Å²) in [7, 11) is 1.55. The van der Waals surface area contributed by atoms with Crippen molar-refractivity contribution < 1.29 is 19.4 Å². The van der Waals surface area contributed by atoms with Gasteiger partial charge in [-0.05, 0) is 43.7 Å². The largest absolute Gasteiger partial charge is 0.493 e. The normalized spacial score (nSPS) is 10.2. The molecule has 0 aliphatic carbocycles. The molecule has 0 unspecified atom stereocenters. The van der Waals surface area contributed by atoms with E-state index in [4.69, 9.17) is 9.47 Å². The molecule has 0 bridgehead atoms. The van der Waals surface area contributed by atoms with Crippen LogP contribution in [0.5, 0.6) is 17.2 Å². The van der Waals surface area contributed by atoms with Crippen LogP contribution in [0.2, 0.25) is 0 Å². The van der Waals surface area contributed by atoms with Crippen LogP contribution in [-0.4, -0.2) is 18.2 Å². The molecule has 2 aromatic carbocycles. The monoisotopic (exact) mass is 272 g/mol. The molecule has 0 aliphatic heterocycles. The van der Waals surface area contributed by atoms with Crippen molar-refractivity contribution >= 4 is 5.97 Å². The zero-order valence-electron chi connectivity index (χ0n) is 11.6. The summed E-state index contributed by atoms with van der Waals surface area (Å²) in [5.41, 5.74) is 2.04. The van der Waals surface area contributed by atoms with Crippen LogP contribution in [0.1, 0.15) is 21.5 Å². The van der Waals surface area contributed by atoms with E-state index in [2.05, 4.69) is 0 Å². The minimum absolute atomic E-state index is 0.132. The number of benzene rings is 2. The van der Waals surface area contributed by atoms with Crippen molar-refractivity contribution in [2.45, 2.75) is 13.8 Å². The fourth-order valence-electron chi connectivity index (χ4n) is 1.88. The number of hydrogen-bond acceptors (Lipinski definition) is 3. The summed E-state index contributed by atoms with van der Waals surface area (Å²) >= 11 is 0. The molecule has 0 aromatic heterocycles. The smallest absolute Gasteiger partial charge is 0.339 e. The Morgan fingerprint density at radius 2 is 1.55 bits per heavy atom. The molecule has 1 N–H and O–H groups in total. The standard InChI is InChI=1S/C16H16O4/c1-10-4-6-13(12(8-10)16(17)18)20-14-7-5-11(2)9-15(14)19-3/h4-9H,1-3H3,(H,17,18). The SMILES string of the molecule is COc1cc(C)ccc1Oc1ccc(C)cc1C(=O)O. The molecule has 0 atom stereocenters. The summed E-state index contributed by atoms with van der Waals surface area (Å²) in [5, 5.41) is 9.23. The first-order chi connectivity index (χ1) is 9.51. The molecular weight excluding hydrogens is 256 g/mol. The summed E-state index contributed by atoms with van der Waals surface area (Å²) in [4.78, 5) is 11.3. The van der Waals surface area contributed by atoms with Gasteiger partial charge in [-0.3, -0.25) is 0 Å². The van der Waals surface area contributed by atoms with Gasteiger partial charge >= 0.3 is 5.97 Å². The number of hydrogen-bond donors (Lipinski definition) is 1. The number of aryl methyl sites for hydroxylation is 2. The van der Waals surface area contributed by atoms with Crippen molar-refractivity contribution in [3.63, 3.8) is 0 Å². The Balaban J connectivity index is 2.42. The van der Waals surface area contributed by atoms with Crippen LogP contribution < -0.4 is 9.47 Å². The molecule has 2 rings (SSSR count). The number of ether oxygens (including phenoxy) is 2. The second kappa shape index (κ2) is 5.65. The minimum atomic E-state index is -1.02. The second-order valence-electron chi connectivity index (χ2n) is 4.56. The molecular formula is C16H16O4. The third-order valence-electron chi connectivity index (χ3n) is 2.90. The molecule has 0 fully saturated rings. The highest BCUT2D eigenvalue weighted by atomic mass is 16.5. The lowest BCUT2D eigenvalue weighted by Crippen LogP contribution is -2.01. The van der Waals surface area contributed by atoms with Crippen LogP contribution in [0.3, 0.4) is 0 Å². The maximum atomic E-state index is 11.3. The molecule has 0 aliphatic rings. The number of carboxylic acids is 1. The zero-order chi connectivity index (χ0) is 14.7. The van der Waals surface area contributed by atoms with Gasteiger partial charge in [-0.1, -0.05) is 17.7 Å². The van der Waals surface area contributed by atoms with Gasteiger partial charge < -0.3 is 14.6 Å². The Labute approximate surface area is 117 Å². The van der Waals surface area contributed by atoms with Gasteiger partial charge in [0.25, 0.3) is 0 Å². The van der Waals surface area contributed by atoms with E-state index >= 15 is 0 Å². The highest BCUT2D eigenvalue weighted by Gasteiger charge is 2.14. The van der Waals surface area contributed by atoms with Gasteiger partial charge in [0.05, 0.1) is 7.11 Å². The lowest BCUT2D eigenvalue weighted by Gasteiger charge is -2.13. The molecule has 20 heavy (non-hydrogen) atoms. The Bertz CT molecular complexity index is 647. The number of methoxy groups -OCH3 is 1. The number of rotatable bonds is 4. The van der Waals surface area contributed by atoms with Crippen molar-refractivity contribution in [2.75, 3.05) is 7.11 Å². The molecule has 2 aromatic rings. The number of aromatic carboxylic acids is 1. The highest BCUT2D eigenvalue weighted by Crippen LogP contribution is 2.34.